The van der Waals surface area contributed by atoms with Crippen molar-refractivity contribution in [2.24, 2.45) is 0 Å². The second kappa shape index (κ2) is 8.74. The molecule has 32 heavy (non-hydrogen) atoms. The summed E-state index contributed by atoms with van der Waals surface area (Å²) in [5.41, 5.74) is 3.53. The molecule has 3 aromatic rings. The first kappa shape index (κ1) is 22.0. The van der Waals surface area contributed by atoms with Crippen LogP contribution in [0.2, 0.25) is 5.02 Å². The van der Waals surface area contributed by atoms with E-state index in [0.29, 0.717) is 46.4 Å². The minimum absolute atomic E-state index is 0.0376. The molecule has 7 nitrogen and oxygen atoms in total. The van der Waals surface area contributed by atoms with Crippen LogP contribution in [0.1, 0.15) is 59.9 Å². The molecule has 0 radical (unpaired) electrons. The highest BCUT2D eigenvalue weighted by Gasteiger charge is 2.42. The fourth-order valence-electron chi connectivity index (χ4n) is 4.14. The first-order valence-corrected chi connectivity index (χ1v) is 11.1. The maximum absolute atomic E-state index is 13.3. The van der Waals surface area contributed by atoms with Gasteiger partial charge in [0, 0.05) is 22.7 Å². The number of rotatable bonds is 7. The zero-order chi connectivity index (χ0) is 23.0. The van der Waals surface area contributed by atoms with E-state index in [2.05, 4.69) is 17.1 Å². The van der Waals surface area contributed by atoms with Gasteiger partial charge in [-0.05, 0) is 55.7 Å². The van der Waals surface area contributed by atoms with Gasteiger partial charge >= 0.3 is 0 Å². The predicted octanol–water partition coefficient (Wildman–Crippen LogP) is 5.19. The van der Waals surface area contributed by atoms with Crippen molar-refractivity contribution in [3.63, 3.8) is 0 Å². The Morgan fingerprint density at radius 3 is 2.69 bits per heavy atom. The summed E-state index contributed by atoms with van der Waals surface area (Å²) in [5.74, 6) is 0.282. The van der Waals surface area contributed by atoms with E-state index in [9.17, 15) is 15.0 Å². The number of phenolic OH excluding ortho intramolecular Hbond substituents is 2. The minimum atomic E-state index is -0.447. The van der Waals surface area contributed by atoms with E-state index in [-0.39, 0.29) is 17.4 Å². The first-order valence-electron chi connectivity index (χ1n) is 10.7. The molecule has 0 bridgehead atoms. The van der Waals surface area contributed by atoms with Crippen molar-refractivity contribution in [2.45, 2.75) is 39.7 Å². The number of hydrogen-bond donors (Lipinski definition) is 3. The van der Waals surface area contributed by atoms with E-state index in [1.165, 1.54) is 0 Å². The number of aromatic nitrogens is 2. The van der Waals surface area contributed by atoms with Crippen molar-refractivity contribution >= 4 is 17.5 Å². The van der Waals surface area contributed by atoms with E-state index in [0.717, 1.165) is 24.0 Å². The predicted molar refractivity (Wildman–Crippen MR) is 122 cm³/mol. The van der Waals surface area contributed by atoms with Gasteiger partial charge in [-0.3, -0.25) is 9.89 Å². The summed E-state index contributed by atoms with van der Waals surface area (Å²) in [4.78, 5) is 15.1. The molecule has 0 aliphatic carbocycles. The summed E-state index contributed by atoms with van der Waals surface area (Å²) in [6, 6.07) is 7.92. The Balaban J connectivity index is 1.90. The van der Waals surface area contributed by atoms with Crippen molar-refractivity contribution < 1.29 is 19.7 Å². The van der Waals surface area contributed by atoms with Crippen LogP contribution in [0.3, 0.4) is 0 Å². The highest BCUT2D eigenvalue weighted by molar-refractivity contribution is 6.31. The van der Waals surface area contributed by atoms with Crippen molar-refractivity contribution in [3.8, 4) is 28.5 Å². The van der Waals surface area contributed by atoms with E-state index >= 15 is 0 Å². The number of carbonyl (C=O) groups excluding carboxylic acids is 1. The Morgan fingerprint density at radius 1 is 1.19 bits per heavy atom. The number of aromatic hydroxyl groups is 2. The van der Waals surface area contributed by atoms with Crippen LogP contribution in [0.15, 0.2) is 30.3 Å². The van der Waals surface area contributed by atoms with Gasteiger partial charge in [-0.2, -0.15) is 5.10 Å². The Kier molecular flexibility index (Phi) is 6.02. The van der Waals surface area contributed by atoms with Gasteiger partial charge in [0.05, 0.1) is 12.6 Å². The molecule has 2 heterocycles. The normalized spacial score (nSPS) is 15.3. The molecule has 1 aliphatic heterocycles. The molecule has 8 heteroatoms. The Hall–Kier alpha value is -3.19. The highest BCUT2D eigenvalue weighted by Crippen LogP contribution is 2.46. The number of ether oxygens (including phenoxy) is 1. The number of aromatic amines is 1. The number of amides is 1. The number of carbonyl (C=O) groups is 1. The SMILES string of the molecule is CCCCN1C(=O)c2[nH]nc(-c3cc(Cl)c(C)cc3O)c2C1c1ccc(O)c(OCC)c1. The molecule has 0 saturated carbocycles. The van der Waals surface area contributed by atoms with Crippen LogP contribution in [0.4, 0.5) is 0 Å². The lowest BCUT2D eigenvalue weighted by molar-refractivity contribution is 0.0741. The number of unbranched alkanes of at least 4 members (excludes halogenated alkanes) is 1. The lowest BCUT2D eigenvalue weighted by Crippen LogP contribution is -2.30. The number of nitrogens with zero attached hydrogens (tertiary/aromatic N) is 2. The van der Waals surface area contributed by atoms with Crippen LogP contribution in [-0.2, 0) is 0 Å². The Bertz CT molecular complexity index is 1170. The Morgan fingerprint density at radius 2 is 1.97 bits per heavy atom. The van der Waals surface area contributed by atoms with Crippen LogP contribution in [0.5, 0.6) is 17.2 Å². The fourth-order valence-corrected chi connectivity index (χ4v) is 4.30. The van der Waals surface area contributed by atoms with E-state index in [1.54, 1.807) is 35.2 Å². The molecular weight excluding hydrogens is 430 g/mol. The maximum Gasteiger partial charge on any atom is 0.273 e. The zero-order valence-corrected chi connectivity index (χ0v) is 19.0. The lowest BCUT2D eigenvalue weighted by atomic mass is 9.95. The summed E-state index contributed by atoms with van der Waals surface area (Å²) >= 11 is 6.34. The van der Waals surface area contributed by atoms with Crippen molar-refractivity contribution in [1.82, 2.24) is 15.1 Å². The largest absolute Gasteiger partial charge is 0.507 e. The van der Waals surface area contributed by atoms with Gasteiger partial charge in [0.2, 0.25) is 0 Å². The number of hydrogen-bond acceptors (Lipinski definition) is 5. The summed E-state index contributed by atoms with van der Waals surface area (Å²) in [6.45, 7) is 6.69. The average Bonchev–Trinajstić information content (AvgIpc) is 3.30. The van der Waals surface area contributed by atoms with Gasteiger partial charge in [0.1, 0.15) is 17.1 Å². The van der Waals surface area contributed by atoms with Crippen LogP contribution >= 0.6 is 11.6 Å². The highest BCUT2D eigenvalue weighted by atomic mass is 35.5. The second-order valence-corrected chi connectivity index (χ2v) is 8.30. The van der Waals surface area contributed by atoms with Crippen LogP contribution in [0.25, 0.3) is 11.3 Å². The van der Waals surface area contributed by atoms with Crippen LogP contribution in [-0.4, -0.2) is 44.4 Å². The topological polar surface area (TPSA) is 98.7 Å². The van der Waals surface area contributed by atoms with Crippen LogP contribution in [0, 0.1) is 6.92 Å². The van der Waals surface area contributed by atoms with Crippen molar-refractivity contribution in [3.05, 3.63) is 57.7 Å². The fraction of sp³-hybridized carbons (Fsp3) is 0.333. The zero-order valence-electron chi connectivity index (χ0n) is 18.3. The maximum atomic E-state index is 13.3. The number of aryl methyl sites for hydroxylation is 1. The van der Waals surface area contributed by atoms with Gasteiger partial charge in [-0.15, -0.1) is 0 Å². The quantitative estimate of drug-likeness (QED) is 0.455. The number of phenols is 2. The van der Waals surface area contributed by atoms with Crippen molar-refractivity contribution in [2.75, 3.05) is 13.2 Å². The average molecular weight is 456 g/mol. The Labute approximate surface area is 191 Å². The molecule has 168 valence electrons. The van der Waals surface area contributed by atoms with E-state index < -0.39 is 6.04 Å². The molecule has 1 atom stereocenters. The van der Waals surface area contributed by atoms with Gasteiger partial charge in [-0.1, -0.05) is 31.0 Å². The molecule has 0 spiro atoms. The number of H-pyrrole nitrogens is 1. The van der Waals surface area contributed by atoms with Crippen molar-refractivity contribution in [1.29, 1.82) is 0 Å². The summed E-state index contributed by atoms with van der Waals surface area (Å²) in [6.07, 6.45) is 1.77. The molecule has 1 amide bonds. The summed E-state index contributed by atoms with van der Waals surface area (Å²) < 4.78 is 5.58. The third kappa shape index (κ3) is 3.66. The third-order valence-electron chi connectivity index (χ3n) is 5.75. The molecule has 0 fully saturated rings. The monoisotopic (exact) mass is 455 g/mol. The lowest BCUT2D eigenvalue weighted by Gasteiger charge is -2.27. The minimum Gasteiger partial charge on any atom is -0.507 e. The van der Waals surface area contributed by atoms with Gasteiger partial charge in [-0.25, -0.2) is 0 Å². The second-order valence-electron chi connectivity index (χ2n) is 7.89. The number of nitrogens with one attached hydrogen (secondary N) is 1. The van der Waals surface area contributed by atoms with Gasteiger partial charge in [0.25, 0.3) is 5.91 Å². The summed E-state index contributed by atoms with van der Waals surface area (Å²) in [7, 11) is 0. The molecule has 1 aromatic heterocycles. The molecule has 2 aromatic carbocycles. The molecular formula is C24H26ClN3O4. The molecule has 1 aliphatic rings. The number of fused-ring (bicyclic) bond motifs is 1. The van der Waals surface area contributed by atoms with Gasteiger partial charge in [0.15, 0.2) is 11.5 Å². The molecule has 0 saturated heterocycles. The number of benzene rings is 2. The smallest absolute Gasteiger partial charge is 0.273 e. The standard InChI is InChI=1S/C24H26ClN3O4/c1-4-6-9-28-23(14-7-8-17(29)19(11-14)32-5-2)20-21(26-27-22(20)24(28)31)15-12-16(25)13(3)10-18(15)30/h7-8,10-12,23,29-30H,4-6,9H2,1-3H3,(H,26,27). The molecule has 4 rings (SSSR count). The van der Waals surface area contributed by atoms with E-state index in [4.69, 9.17) is 16.3 Å². The molecule has 3 N–H and O–H groups in total. The summed E-state index contributed by atoms with van der Waals surface area (Å²) in [5, 5.41) is 28.6. The molecule has 1 unspecified atom stereocenters. The number of halogens is 1. The van der Waals surface area contributed by atoms with E-state index in [1.807, 2.05) is 13.8 Å². The van der Waals surface area contributed by atoms with Gasteiger partial charge < -0.3 is 19.8 Å². The third-order valence-corrected chi connectivity index (χ3v) is 6.16. The van der Waals surface area contributed by atoms with Crippen LogP contribution < -0.4 is 4.74 Å². The first-order chi connectivity index (χ1) is 15.4.